The van der Waals surface area contributed by atoms with Crippen LogP contribution in [0.2, 0.25) is 0 Å². The molecule has 0 saturated carbocycles. The Morgan fingerprint density at radius 2 is 2.57 bits per heavy atom. The standard InChI is InChI=1S/C11H17NS2/c1-9(6-10-2-4-13-7-10)12-11-3-5-14-8-11/h2,4,7,9,11-12H,3,5-6,8H2,1H3. The first kappa shape index (κ1) is 10.5. The summed E-state index contributed by atoms with van der Waals surface area (Å²) in [5.41, 5.74) is 1.47. The van der Waals surface area contributed by atoms with E-state index >= 15 is 0 Å². The van der Waals surface area contributed by atoms with E-state index in [1.165, 1.54) is 29.9 Å². The summed E-state index contributed by atoms with van der Waals surface area (Å²) in [4.78, 5) is 0. The van der Waals surface area contributed by atoms with Crippen LogP contribution in [0.5, 0.6) is 0 Å². The molecule has 1 aliphatic rings. The number of hydrogen-bond acceptors (Lipinski definition) is 3. The van der Waals surface area contributed by atoms with Crippen molar-refractivity contribution in [2.75, 3.05) is 11.5 Å². The van der Waals surface area contributed by atoms with E-state index in [1.54, 1.807) is 11.3 Å². The second-order valence-electron chi connectivity index (χ2n) is 3.96. The van der Waals surface area contributed by atoms with Gasteiger partial charge >= 0.3 is 0 Å². The monoisotopic (exact) mass is 227 g/mol. The van der Waals surface area contributed by atoms with Gasteiger partial charge in [-0.2, -0.15) is 23.1 Å². The first-order valence-corrected chi connectivity index (χ1v) is 7.29. The van der Waals surface area contributed by atoms with Crippen molar-refractivity contribution in [3.05, 3.63) is 22.4 Å². The average Bonchev–Trinajstić information content (AvgIpc) is 2.76. The molecule has 78 valence electrons. The van der Waals surface area contributed by atoms with E-state index in [0.29, 0.717) is 6.04 Å². The van der Waals surface area contributed by atoms with Crippen LogP contribution in [0.1, 0.15) is 18.9 Å². The van der Waals surface area contributed by atoms with E-state index in [9.17, 15) is 0 Å². The van der Waals surface area contributed by atoms with E-state index in [2.05, 4.69) is 40.8 Å². The molecular formula is C11H17NS2. The zero-order valence-electron chi connectivity index (χ0n) is 8.53. The van der Waals surface area contributed by atoms with Gasteiger partial charge in [0.15, 0.2) is 0 Å². The van der Waals surface area contributed by atoms with Crippen LogP contribution in [-0.4, -0.2) is 23.6 Å². The third-order valence-corrected chi connectivity index (χ3v) is 4.47. The molecule has 1 aromatic rings. The van der Waals surface area contributed by atoms with Crippen molar-refractivity contribution in [2.45, 2.75) is 31.8 Å². The third kappa shape index (κ3) is 3.01. The molecule has 1 fully saturated rings. The topological polar surface area (TPSA) is 12.0 Å². The normalized spacial score (nSPS) is 23.9. The Hall–Kier alpha value is 0.01000. The van der Waals surface area contributed by atoms with Crippen molar-refractivity contribution in [3.8, 4) is 0 Å². The van der Waals surface area contributed by atoms with Crippen molar-refractivity contribution in [1.29, 1.82) is 0 Å². The molecule has 2 heterocycles. The maximum Gasteiger partial charge on any atom is 0.0168 e. The van der Waals surface area contributed by atoms with Crippen LogP contribution in [0.15, 0.2) is 16.8 Å². The number of thioether (sulfide) groups is 1. The Bertz CT molecular complexity index is 252. The van der Waals surface area contributed by atoms with Gasteiger partial charge in [-0.15, -0.1) is 0 Å². The Labute approximate surface area is 94.3 Å². The molecule has 1 aromatic heterocycles. The lowest BCUT2D eigenvalue weighted by Crippen LogP contribution is -2.37. The minimum Gasteiger partial charge on any atom is -0.310 e. The van der Waals surface area contributed by atoms with Crippen molar-refractivity contribution >= 4 is 23.1 Å². The summed E-state index contributed by atoms with van der Waals surface area (Å²) in [6.45, 7) is 2.29. The van der Waals surface area contributed by atoms with Gasteiger partial charge in [0.1, 0.15) is 0 Å². The van der Waals surface area contributed by atoms with Gasteiger partial charge in [-0.3, -0.25) is 0 Å². The Balaban J connectivity index is 1.75. The molecule has 14 heavy (non-hydrogen) atoms. The van der Waals surface area contributed by atoms with Crippen LogP contribution < -0.4 is 5.32 Å². The summed E-state index contributed by atoms with van der Waals surface area (Å²) >= 11 is 3.86. The quantitative estimate of drug-likeness (QED) is 0.849. The van der Waals surface area contributed by atoms with Gasteiger partial charge < -0.3 is 5.32 Å². The first-order chi connectivity index (χ1) is 6.84. The van der Waals surface area contributed by atoms with Crippen molar-refractivity contribution < 1.29 is 0 Å². The van der Waals surface area contributed by atoms with E-state index in [4.69, 9.17) is 0 Å². The lowest BCUT2D eigenvalue weighted by molar-refractivity contribution is 0.470. The summed E-state index contributed by atoms with van der Waals surface area (Å²) in [5, 5.41) is 8.11. The molecule has 0 bridgehead atoms. The molecule has 2 rings (SSSR count). The number of nitrogens with one attached hydrogen (secondary N) is 1. The lowest BCUT2D eigenvalue weighted by Gasteiger charge is -2.18. The van der Waals surface area contributed by atoms with Crippen LogP contribution in [0.25, 0.3) is 0 Å². The van der Waals surface area contributed by atoms with Gasteiger partial charge in [0, 0.05) is 17.8 Å². The number of rotatable bonds is 4. The van der Waals surface area contributed by atoms with Crippen LogP contribution in [0.4, 0.5) is 0 Å². The van der Waals surface area contributed by atoms with Crippen LogP contribution >= 0.6 is 23.1 Å². The smallest absolute Gasteiger partial charge is 0.0168 e. The predicted octanol–water partition coefficient (Wildman–Crippen LogP) is 2.77. The maximum atomic E-state index is 3.70. The maximum absolute atomic E-state index is 3.70. The van der Waals surface area contributed by atoms with Gasteiger partial charge in [-0.05, 0) is 47.9 Å². The Morgan fingerprint density at radius 1 is 1.64 bits per heavy atom. The van der Waals surface area contributed by atoms with Crippen LogP contribution in [0, 0.1) is 0 Å². The van der Waals surface area contributed by atoms with Crippen molar-refractivity contribution in [3.63, 3.8) is 0 Å². The molecular weight excluding hydrogens is 210 g/mol. The first-order valence-electron chi connectivity index (χ1n) is 5.19. The summed E-state index contributed by atoms with van der Waals surface area (Å²) in [5.74, 6) is 2.64. The van der Waals surface area contributed by atoms with Gasteiger partial charge in [0.2, 0.25) is 0 Å². The highest BCUT2D eigenvalue weighted by atomic mass is 32.2. The highest BCUT2D eigenvalue weighted by molar-refractivity contribution is 7.99. The van der Waals surface area contributed by atoms with Gasteiger partial charge in [-0.25, -0.2) is 0 Å². The lowest BCUT2D eigenvalue weighted by atomic mass is 10.1. The summed E-state index contributed by atoms with van der Waals surface area (Å²) in [6.07, 6.45) is 2.52. The molecule has 2 unspecified atom stereocenters. The fourth-order valence-corrected chi connectivity index (χ4v) is 3.74. The summed E-state index contributed by atoms with van der Waals surface area (Å²) in [7, 11) is 0. The van der Waals surface area contributed by atoms with Gasteiger partial charge in [0.05, 0.1) is 0 Å². The Morgan fingerprint density at radius 3 is 3.21 bits per heavy atom. The largest absolute Gasteiger partial charge is 0.310 e. The second kappa shape index (κ2) is 5.19. The fraction of sp³-hybridized carbons (Fsp3) is 0.636. The fourth-order valence-electron chi connectivity index (χ4n) is 1.89. The van der Waals surface area contributed by atoms with Gasteiger partial charge in [-0.1, -0.05) is 0 Å². The molecule has 1 saturated heterocycles. The van der Waals surface area contributed by atoms with E-state index in [1.807, 2.05) is 0 Å². The molecule has 1 N–H and O–H groups in total. The SMILES string of the molecule is CC(Cc1ccsc1)NC1CCSC1. The summed E-state index contributed by atoms with van der Waals surface area (Å²) in [6, 6.07) is 3.61. The van der Waals surface area contributed by atoms with Crippen LogP contribution in [-0.2, 0) is 6.42 Å². The molecule has 0 amide bonds. The highest BCUT2D eigenvalue weighted by Gasteiger charge is 2.17. The molecule has 0 aliphatic carbocycles. The molecule has 0 radical (unpaired) electrons. The second-order valence-corrected chi connectivity index (χ2v) is 5.89. The van der Waals surface area contributed by atoms with Crippen molar-refractivity contribution in [2.24, 2.45) is 0 Å². The molecule has 1 nitrogen and oxygen atoms in total. The number of thiophene rings is 1. The molecule has 0 spiro atoms. The highest BCUT2D eigenvalue weighted by Crippen LogP contribution is 2.18. The zero-order valence-corrected chi connectivity index (χ0v) is 10.2. The summed E-state index contributed by atoms with van der Waals surface area (Å²) < 4.78 is 0. The van der Waals surface area contributed by atoms with Gasteiger partial charge in [0.25, 0.3) is 0 Å². The zero-order chi connectivity index (χ0) is 9.80. The minimum atomic E-state index is 0.619. The third-order valence-electron chi connectivity index (χ3n) is 2.57. The minimum absolute atomic E-state index is 0.619. The van der Waals surface area contributed by atoms with Crippen molar-refractivity contribution in [1.82, 2.24) is 5.32 Å². The van der Waals surface area contributed by atoms with E-state index in [-0.39, 0.29) is 0 Å². The molecule has 1 aliphatic heterocycles. The average molecular weight is 227 g/mol. The number of hydrogen-bond donors (Lipinski definition) is 1. The van der Waals surface area contributed by atoms with E-state index < -0.39 is 0 Å². The molecule has 2 atom stereocenters. The predicted molar refractivity (Wildman–Crippen MR) is 66.4 cm³/mol. The Kier molecular flexibility index (Phi) is 3.90. The van der Waals surface area contributed by atoms with E-state index in [0.717, 1.165) is 6.04 Å². The molecule has 3 heteroatoms. The van der Waals surface area contributed by atoms with Crippen LogP contribution in [0.3, 0.4) is 0 Å². The molecule has 0 aromatic carbocycles.